The van der Waals surface area contributed by atoms with E-state index in [1.807, 2.05) is 73.7 Å². The number of ether oxygens (including phenoxy) is 2. The monoisotopic (exact) mass is 333 g/mol. The van der Waals surface area contributed by atoms with Gasteiger partial charge in [0, 0.05) is 5.69 Å². The Hall–Kier alpha value is -3.27. The molecule has 4 nitrogen and oxygen atoms in total. The summed E-state index contributed by atoms with van der Waals surface area (Å²) in [6.07, 6.45) is 0. The summed E-state index contributed by atoms with van der Waals surface area (Å²) in [5.74, 6) is 1.74. The van der Waals surface area contributed by atoms with Crippen LogP contribution in [-0.2, 0) is 0 Å². The fourth-order valence-electron chi connectivity index (χ4n) is 2.36. The molecule has 0 spiro atoms. The van der Waals surface area contributed by atoms with E-state index in [1.165, 1.54) is 0 Å². The van der Waals surface area contributed by atoms with Gasteiger partial charge in [0.15, 0.2) is 0 Å². The molecular weight excluding hydrogens is 314 g/mol. The van der Waals surface area contributed by atoms with E-state index in [1.54, 1.807) is 12.1 Å². The maximum absolute atomic E-state index is 12.6. The standard InChI is InChI=1S/C21H19NO3/c1-2-24-17-14-12-16(13-15-17)22-21(23)19-10-6-7-11-20(19)25-18-8-4-3-5-9-18/h3-15H,2H2,1H3,(H,22,23). The van der Waals surface area contributed by atoms with Crippen LogP contribution in [0.2, 0.25) is 0 Å². The van der Waals surface area contributed by atoms with Crippen LogP contribution in [0.25, 0.3) is 0 Å². The Balaban J connectivity index is 1.76. The molecule has 0 aliphatic carbocycles. The zero-order valence-corrected chi connectivity index (χ0v) is 13.9. The number of para-hydroxylation sites is 2. The highest BCUT2D eigenvalue weighted by Gasteiger charge is 2.13. The van der Waals surface area contributed by atoms with Crippen molar-refractivity contribution < 1.29 is 14.3 Å². The Morgan fingerprint density at radius 3 is 2.24 bits per heavy atom. The summed E-state index contributed by atoms with van der Waals surface area (Å²) in [4.78, 5) is 12.6. The zero-order valence-electron chi connectivity index (χ0n) is 13.9. The molecule has 4 heteroatoms. The van der Waals surface area contributed by atoms with Gasteiger partial charge >= 0.3 is 0 Å². The lowest BCUT2D eigenvalue weighted by Crippen LogP contribution is -2.12. The van der Waals surface area contributed by atoms with E-state index in [2.05, 4.69) is 5.32 Å². The van der Waals surface area contributed by atoms with Crippen molar-refractivity contribution in [1.29, 1.82) is 0 Å². The minimum atomic E-state index is -0.226. The van der Waals surface area contributed by atoms with Crippen molar-refractivity contribution in [2.24, 2.45) is 0 Å². The molecule has 3 aromatic carbocycles. The van der Waals surface area contributed by atoms with Crippen molar-refractivity contribution in [3.63, 3.8) is 0 Å². The molecule has 0 aromatic heterocycles. The van der Waals surface area contributed by atoms with Crippen LogP contribution in [-0.4, -0.2) is 12.5 Å². The largest absolute Gasteiger partial charge is 0.494 e. The van der Waals surface area contributed by atoms with E-state index in [0.717, 1.165) is 5.75 Å². The van der Waals surface area contributed by atoms with Crippen molar-refractivity contribution in [3.05, 3.63) is 84.4 Å². The van der Waals surface area contributed by atoms with Gasteiger partial charge in [0.1, 0.15) is 17.2 Å². The number of benzene rings is 3. The van der Waals surface area contributed by atoms with Crippen LogP contribution in [0.15, 0.2) is 78.9 Å². The Bertz CT molecular complexity index is 829. The number of carbonyl (C=O) groups excluding carboxylic acids is 1. The highest BCUT2D eigenvalue weighted by molar-refractivity contribution is 6.06. The van der Waals surface area contributed by atoms with Gasteiger partial charge in [0.2, 0.25) is 0 Å². The molecular formula is C21H19NO3. The van der Waals surface area contributed by atoms with Crippen LogP contribution < -0.4 is 14.8 Å². The first-order valence-corrected chi connectivity index (χ1v) is 8.12. The van der Waals surface area contributed by atoms with Crippen LogP contribution in [0.4, 0.5) is 5.69 Å². The fraction of sp³-hybridized carbons (Fsp3) is 0.0952. The zero-order chi connectivity index (χ0) is 17.5. The molecule has 1 amide bonds. The Morgan fingerprint density at radius 2 is 1.52 bits per heavy atom. The lowest BCUT2D eigenvalue weighted by atomic mass is 10.1. The van der Waals surface area contributed by atoms with E-state index < -0.39 is 0 Å². The predicted molar refractivity (Wildman–Crippen MR) is 98.5 cm³/mol. The van der Waals surface area contributed by atoms with Crippen molar-refractivity contribution in [3.8, 4) is 17.2 Å². The van der Waals surface area contributed by atoms with Crippen LogP contribution in [0.5, 0.6) is 17.2 Å². The summed E-state index contributed by atoms with van der Waals surface area (Å²) >= 11 is 0. The Labute approximate surface area is 147 Å². The molecule has 0 unspecified atom stereocenters. The van der Waals surface area contributed by atoms with Gasteiger partial charge < -0.3 is 14.8 Å². The van der Waals surface area contributed by atoms with Gasteiger partial charge in [-0.2, -0.15) is 0 Å². The van der Waals surface area contributed by atoms with E-state index in [-0.39, 0.29) is 5.91 Å². The summed E-state index contributed by atoms with van der Waals surface area (Å²) in [6, 6.07) is 23.8. The molecule has 0 bridgehead atoms. The molecule has 0 aliphatic heterocycles. The minimum absolute atomic E-state index is 0.226. The van der Waals surface area contributed by atoms with Crippen LogP contribution in [0.1, 0.15) is 17.3 Å². The van der Waals surface area contributed by atoms with E-state index in [9.17, 15) is 4.79 Å². The molecule has 3 aromatic rings. The number of rotatable bonds is 6. The second kappa shape index (κ2) is 8.02. The molecule has 0 atom stereocenters. The lowest BCUT2D eigenvalue weighted by molar-refractivity contribution is 0.102. The number of hydrogen-bond donors (Lipinski definition) is 1. The highest BCUT2D eigenvalue weighted by Crippen LogP contribution is 2.26. The maximum atomic E-state index is 12.6. The van der Waals surface area contributed by atoms with Crippen LogP contribution in [0.3, 0.4) is 0 Å². The molecule has 0 aliphatic rings. The number of amides is 1. The topological polar surface area (TPSA) is 47.6 Å². The second-order valence-corrected chi connectivity index (χ2v) is 5.32. The van der Waals surface area contributed by atoms with Crippen LogP contribution >= 0.6 is 0 Å². The number of carbonyl (C=O) groups is 1. The highest BCUT2D eigenvalue weighted by atomic mass is 16.5. The summed E-state index contributed by atoms with van der Waals surface area (Å²) in [5, 5.41) is 2.88. The Morgan fingerprint density at radius 1 is 0.840 bits per heavy atom. The average Bonchev–Trinajstić information content (AvgIpc) is 2.65. The van der Waals surface area contributed by atoms with Crippen LogP contribution in [0, 0.1) is 0 Å². The van der Waals surface area contributed by atoms with E-state index in [4.69, 9.17) is 9.47 Å². The smallest absolute Gasteiger partial charge is 0.259 e. The third-order valence-corrected chi connectivity index (χ3v) is 3.53. The van der Waals surface area contributed by atoms with Gasteiger partial charge in [-0.3, -0.25) is 4.79 Å². The number of anilines is 1. The molecule has 1 N–H and O–H groups in total. The summed E-state index contributed by atoms with van der Waals surface area (Å²) in [7, 11) is 0. The second-order valence-electron chi connectivity index (χ2n) is 5.32. The SMILES string of the molecule is CCOc1ccc(NC(=O)c2ccccc2Oc2ccccc2)cc1. The summed E-state index contributed by atoms with van der Waals surface area (Å²) < 4.78 is 11.2. The molecule has 3 rings (SSSR count). The third-order valence-electron chi connectivity index (χ3n) is 3.53. The fourth-order valence-corrected chi connectivity index (χ4v) is 2.36. The Kier molecular flexibility index (Phi) is 5.32. The van der Waals surface area contributed by atoms with Gasteiger partial charge in [-0.25, -0.2) is 0 Å². The van der Waals surface area contributed by atoms with Crippen molar-refractivity contribution in [2.45, 2.75) is 6.92 Å². The molecule has 0 fully saturated rings. The van der Waals surface area contributed by atoms with Gasteiger partial charge in [-0.05, 0) is 55.5 Å². The predicted octanol–water partition coefficient (Wildman–Crippen LogP) is 5.13. The molecule has 0 heterocycles. The third kappa shape index (κ3) is 4.38. The lowest BCUT2D eigenvalue weighted by Gasteiger charge is -2.12. The summed E-state index contributed by atoms with van der Waals surface area (Å²) in [5.41, 5.74) is 1.17. The maximum Gasteiger partial charge on any atom is 0.259 e. The normalized spacial score (nSPS) is 10.1. The van der Waals surface area contributed by atoms with Gasteiger partial charge in [0.05, 0.1) is 12.2 Å². The number of hydrogen-bond acceptors (Lipinski definition) is 3. The van der Waals surface area contributed by atoms with Crippen molar-refractivity contribution >= 4 is 11.6 Å². The first-order chi connectivity index (χ1) is 12.3. The quantitative estimate of drug-likeness (QED) is 0.680. The van der Waals surface area contributed by atoms with E-state index >= 15 is 0 Å². The first-order valence-electron chi connectivity index (χ1n) is 8.12. The minimum Gasteiger partial charge on any atom is -0.494 e. The van der Waals surface area contributed by atoms with E-state index in [0.29, 0.717) is 29.4 Å². The molecule has 0 saturated carbocycles. The van der Waals surface area contributed by atoms with Gasteiger partial charge in [-0.15, -0.1) is 0 Å². The van der Waals surface area contributed by atoms with Gasteiger partial charge in [0.25, 0.3) is 5.91 Å². The molecule has 25 heavy (non-hydrogen) atoms. The summed E-state index contributed by atoms with van der Waals surface area (Å²) in [6.45, 7) is 2.54. The van der Waals surface area contributed by atoms with Crippen molar-refractivity contribution in [2.75, 3.05) is 11.9 Å². The molecule has 0 radical (unpaired) electrons. The average molecular weight is 333 g/mol. The van der Waals surface area contributed by atoms with Crippen molar-refractivity contribution in [1.82, 2.24) is 0 Å². The number of nitrogens with one attached hydrogen (secondary N) is 1. The molecule has 126 valence electrons. The molecule has 0 saturated heterocycles. The first kappa shape index (κ1) is 16.6. The van der Waals surface area contributed by atoms with Gasteiger partial charge in [-0.1, -0.05) is 30.3 Å².